The zero-order valence-corrected chi connectivity index (χ0v) is 11.5. The van der Waals surface area contributed by atoms with Crippen LogP contribution in [0.1, 0.15) is 11.1 Å². The summed E-state index contributed by atoms with van der Waals surface area (Å²) in [7, 11) is 1.59. The van der Waals surface area contributed by atoms with Gasteiger partial charge in [0.1, 0.15) is 12.4 Å². The highest BCUT2D eigenvalue weighted by Gasteiger charge is 2.12. The highest BCUT2D eigenvalue weighted by atomic mass is 16.6. The molecule has 0 saturated carbocycles. The van der Waals surface area contributed by atoms with Gasteiger partial charge in [-0.25, -0.2) is 4.79 Å². The smallest absolute Gasteiger partial charge is 0.358 e. The molecule has 21 heavy (non-hydrogen) atoms. The lowest BCUT2D eigenvalue weighted by Crippen LogP contribution is -2.14. The molecule has 2 rings (SSSR count). The van der Waals surface area contributed by atoms with Crippen LogP contribution in [0.4, 0.5) is 0 Å². The molecule has 0 aromatic heterocycles. The van der Waals surface area contributed by atoms with E-state index in [0.717, 1.165) is 11.3 Å². The van der Waals surface area contributed by atoms with Crippen molar-refractivity contribution in [1.29, 1.82) is 0 Å². The van der Waals surface area contributed by atoms with E-state index in [-0.39, 0.29) is 12.3 Å². The summed E-state index contributed by atoms with van der Waals surface area (Å²) in [4.78, 5) is 16.3. The molecule has 0 heterocycles. The maximum atomic E-state index is 11.2. The zero-order valence-electron chi connectivity index (χ0n) is 11.5. The number of carboxylic acids is 1. The number of hydrogen-bond donors (Lipinski definition) is 1. The van der Waals surface area contributed by atoms with Crippen LogP contribution in [0, 0.1) is 0 Å². The van der Waals surface area contributed by atoms with Crippen molar-refractivity contribution in [3.63, 3.8) is 0 Å². The molecule has 0 unspecified atom stereocenters. The van der Waals surface area contributed by atoms with E-state index >= 15 is 0 Å². The van der Waals surface area contributed by atoms with Crippen molar-refractivity contribution < 1.29 is 19.5 Å². The molecule has 0 bridgehead atoms. The van der Waals surface area contributed by atoms with Gasteiger partial charge in [0.05, 0.1) is 7.11 Å². The highest BCUT2D eigenvalue weighted by Crippen LogP contribution is 2.12. The average molecular weight is 285 g/mol. The number of carbonyl (C=O) groups is 1. The summed E-state index contributed by atoms with van der Waals surface area (Å²) < 4.78 is 5.06. The topological polar surface area (TPSA) is 68.1 Å². The minimum absolute atomic E-state index is 0.121. The maximum absolute atomic E-state index is 11.2. The molecule has 1 N–H and O–H groups in total. The van der Waals surface area contributed by atoms with E-state index in [2.05, 4.69) is 5.16 Å². The Morgan fingerprint density at radius 2 is 1.76 bits per heavy atom. The first-order chi connectivity index (χ1) is 10.2. The second-order valence-electron chi connectivity index (χ2n) is 4.23. The van der Waals surface area contributed by atoms with Gasteiger partial charge in [0.25, 0.3) is 0 Å². The minimum Gasteiger partial charge on any atom is -0.497 e. The number of ether oxygens (including phenoxy) is 1. The predicted molar refractivity (Wildman–Crippen MR) is 78.4 cm³/mol. The van der Waals surface area contributed by atoms with E-state index in [4.69, 9.17) is 14.7 Å². The minimum atomic E-state index is -1.13. The van der Waals surface area contributed by atoms with E-state index in [9.17, 15) is 4.79 Å². The molecule has 108 valence electrons. The van der Waals surface area contributed by atoms with Crippen molar-refractivity contribution in [3.05, 3.63) is 65.7 Å². The van der Waals surface area contributed by atoms with Gasteiger partial charge in [0.15, 0.2) is 5.71 Å². The van der Waals surface area contributed by atoms with Crippen molar-refractivity contribution in [2.45, 2.75) is 6.61 Å². The summed E-state index contributed by atoms with van der Waals surface area (Å²) in [5.41, 5.74) is 1.25. The molecule has 0 radical (unpaired) electrons. The van der Waals surface area contributed by atoms with Crippen LogP contribution in [-0.2, 0) is 16.2 Å². The summed E-state index contributed by atoms with van der Waals surface area (Å²) in [6.07, 6.45) is 0. The van der Waals surface area contributed by atoms with E-state index in [1.165, 1.54) is 0 Å². The van der Waals surface area contributed by atoms with Crippen molar-refractivity contribution in [1.82, 2.24) is 0 Å². The van der Waals surface area contributed by atoms with E-state index in [0.29, 0.717) is 5.56 Å². The Labute approximate surface area is 122 Å². The Hall–Kier alpha value is -2.82. The fourth-order valence-electron chi connectivity index (χ4n) is 1.70. The number of carboxylic acid groups (broad SMARTS) is 1. The predicted octanol–water partition coefficient (Wildman–Crippen LogP) is 2.70. The Morgan fingerprint density at radius 1 is 1.10 bits per heavy atom. The number of hydrogen-bond acceptors (Lipinski definition) is 4. The molecule has 0 atom stereocenters. The Morgan fingerprint density at radius 3 is 2.33 bits per heavy atom. The molecule has 5 nitrogen and oxygen atoms in total. The molecular formula is C16H15NO4. The number of aliphatic carboxylic acids is 1. The lowest BCUT2D eigenvalue weighted by atomic mass is 10.1. The molecule has 0 amide bonds. The lowest BCUT2D eigenvalue weighted by molar-refractivity contribution is -0.129. The van der Waals surface area contributed by atoms with Crippen LogP contribution >= 0.6 is 0 Å². The van der Waals surface area contributed by atoms with Gasteiger partial charge in [0.2, 0.25) is 0 Å². The van der Waals surface area contributed by atoms with Gasteiger partial charge in [-0.1, -0.05) is 47.6 Å². The summed E-state index contributed by atoms with van der Waals surface area (Å²) >= 11 is 0. The van der Waals surface area contributed by atoms with Crippen LogP contribution in [-0.4, -0.2) is 23.9 Å². The van der Waals surface area contributed by atoms with Gasteiger partial charge in [-0.3, -0.25) is 0 Å². The van der Waals surface area contributed by atoms with Crippen LogP contribution in [0.2, 0.25) is 0 Å². The third-order valence-corrected chi connectivity index (χ3v) is 2.80. The first kappa shape index (κ1) is 14.6. The van der Waals surface area contributed by atoms with Gasteiger partial charge >= 0.3 is 5.97 Å². The van der Waals surface area contributed by atoms with E-state index < -0.39 is 5.97 Å². The number of nitrogens with zero attached hydrogens (tertiary/aromatic N) is 1. The van der Waals surface area contributed by atoms with Crippen LogP contribution in [0.3, 0.4) is 0 Å². The van der Waals surface area contributed by atoms with Crippen LogP contribution in [0.15, 0.2) is 59.8 Å². The SMILES string of the molecule is COc1ccc(CON=C(C(=O)O)c2ccccc2)cc1. The zero-order chi connectivity index (χ0) is 15.1. The van der Waals surface area contributed by atoms with Crippen molar-refractivity contribution >= 4 is 11.7 Å². The summed E-state index contributed by atoms with van der Waals surface area (Å²) in [5.74, 6) is -0.381. The molecule has 0 aliphatic rings. The van der Waals surface area contributed by atoms with Crippen LogP contribution in [0.25, 0.3) is 0 Å². The Bertz CT molecular complexity index is 620. The van der Waals surface area contributed by atoms with Gasteiger partial charge in [-0.2, -0.15) is 0 Å². The fourth-order valence-corrected chi connectivity index (χ4v) is 1.70. The molecule has 0 spiro atoms. The quantitative estimate of drug-likeness (QED) is 0.654. The summed E-state index contributed by atoms with van der Waals surface area (Å²) in [6.45, 7) is 0.188. The van der Waals surface area contributed by atoms with Gasteiger partial charge in [-0.05, 0) is 17.7 Å². The number of methoxy groups -OCH3 is 1. The lowest BCUT2D eigenvalue weighted by Gasteiger charge is -2.04. The summed E-state index contributed by atoms with van der Waals surface area (Å²) in [5, 5.41) is 12.9. The van der Waals surface area contributed by atoms with Crippen LogP contribution in [0.5, 0.6) is 5.75 Å². The molecule has 2 aromatic rings. The van der Waals surface area contributed by atoms with Gasteiger partial charge in [0, 0.05) is 5.56 Å². The molecule has 0 aliphatic carbocycles. The van der Waals surface area contributed by atoms with Crippen molar-refractivity contribution in [2.24, 2.45) is 5.16 Å². The largest absolute Gasteiger partial charge is 0.497 e. The van der Waals surface area contributed by atoms with Crippen LogP contribution < -0.4 is 4.74 Å². The van der Waals surface area contributed by atoms with Gasteiger partial charge in [-0.15, -0.1) is 0 Å². The fraction of sp³-hybridized carbons (Fsp3) is 0.125. The standard InChI is InChI=1S/C16H15NO4/c1-20-14-9-7-12(8-10-14)11-21-17-15(16(18)19)13-5-3-2-4-6-13/h2-10H,11H2,1H3,(H,18,19). The monoisotopic (exact) mass is 285 g/mol. The van der Waals surface area contributed by atoms with Crippen molar-refractivity contribution in [3.8, 4) is 5.75 Å². The number of rotatable bonds is 6. The first-order valence-electron chi connectivity index (χ1n) is 6.32. The Balaban J connectivity index is 2.05. The molecular weight excluding hydrogens is 270 g/mol. The number of oxime groups is 1. The Kier molecular flexibility index (Phi) is 4.93. The first-order valence-corrected chi connectivity index (χ1v) is 6.32. The normalized spacial score (nSPS) is 11.0. The third kappa shape index (κ3) is 4.07. The number of benzene rings is 2. The highest BCUT2D eigenvalue weighted by molar-refractivity contribution is 6.42. The maximum Gasteiger partial charge on any atom is 0.358 e. The second kappa shape index (κ2) is 7.09. The molecule has 0 aliphatic heterocycles. The average Bonchev–Trinajstić information content (AvgIpc) is 2.52. The van der Waals surface area contributed by atoms with E-state index in [1.54, 1.807) is 49.6 Å². The van der Waals surface area contributed by atoms with Gasteiger partial charge < -0.3 is 14.7 Å². The molecule has 0 fully saturated rings. The molecule has 0 saturated heterocycles. The second-order valence-corrected chi connectivity index (χ2v) is 4.23. The molecule has 2 aromatic carbocycles. The summed E-state index contributed by atoms with van der Waals surface area (Å²) in [6, 6.07) is 15.9. The van der Waals surface area contributed by atoms with E-state index in [1.807, 2.05) is 12.1 Å². The van der Waals surface area contributed by atoms with Crippen molar-refractivity contribution in [2.75, 3.05) is 7.11 Å². The molecule has 5 heteroatoms. The third-order valence-electron chi connectivity index (χ3n) is 2.80.